The number of ether oxygens (including phenoxy) is 4. The molecule has 0 radical (unpaired) electrons. The number of benzene rings is 7. The fourth-order valence-corrected chi connectivity index (χ4v) is 13.4. The Bertz CT molecular complexity index is 6450. The molecule has 0 saturated carbocycles. The molecule has 4 N–H and O–H groups in total. The molecule has 33 heteroatoms. The smallest absolute Gasteiger partial charge is 0.435 e. The van der Waals surface area contributed by atoms with E-state index < -0.39 is 11.9 Å². The average Bonchev–Trinajstić information content (AvgIpc) is 1.67. The summed E-state index contributed by atoms with van der Waals surface area (Å²) in [7, 11) is 3.02. The first-order chi connectivity index (χ1) is 63.6. The lowest BCUT2D eigenvalue weighted by Crippen LogP contribution is -2.25. The zero-order chi connectivity index (χ0) is 91.6. The van der Waals surface area contributed by atoms with E-state index in [2.05, 4.69) is 94.0 Å². The summed E-state index contributed by atoms with van der Waals surface area (Å²) in [6.45, 7) is 8.49. The van der Waals surface area contributed by atoms with Gasteiger partial charge in [0.15, 0.2) is 5.69 Å². The first kappa shape index (κ1) is 91.3. The topological polar surface area (TPSA) is 324 Å². The van der Waals surface area contributed by atoms with E-state index in [0.717, 1.165) is 98.2 Å². The van der Waals surface area contributed by atoms with Gasteiger partial charge in [-0.1, -0.05) is 55.8 Å². The second kappa shape index (κ2) is 44.0. The molecule has 10 heterocycles. The minimum Gasteiger partial charge on any atom is -0.494 e. The Morgan fingerprint density at radius 2 is 1.02 bits per heavy atom. The minimum absolute atomic E-state index is 0.0974. The number of anilines is 4. The molecule has 1 aliphatic heterocycles. The van der Waals surface area contributed by atoms with E-state index in [9.17, 15) is 37.1 Å². The predicted molar refractivity (Wildman–Crippen MR) is 490 cm³/mol. The van der Waals surface area contributed by atoms with Gasteiger partial charge >= 0.3 is 6.18 Å². The van der Waals surface area contributed by atoms with E-state index in [1.165, 1.54) is 30.1 Å². The van der Waals surface area contributed by atoms with Gasteiger partial charge in [0.2, 0.25) is 11.8 Å². The molecule has 664 valence electrons. The number of halogens is 4. The van der Waals surface area contributed by atoms with Crippen molar-refractivity contribution in [3.8, 4) is 68.3 Å². The van der Waals surface area contributed by atoms with Crippen molar-refractivity contribution >= 4 is 63.9 Å². The number of amides is 5. The van der Waals surface area contributed by atoms with Gasteiger partial charge in [-0.05, 0) is 244 Å². The number of pyridine rings is 4. The van der Waals surface area contributed by atoms with Crippen LogP contribution in [0.15, 0.2) is 311 Å². The zero-order valence-corrected chi connectivity index (χ0v) is 72.4. The lowest BCUT2D eigenvalue weighted by atomic mass is 10.2. The molecule has 0 bridgehead atoms. The highest BCUT2D eigenvalue weighted by Gasteiger charge is 2.34. The number of carbonyl (C=O) groups excluding carboxylic acids is 5. The largest absolute Gasteiger partial charge is 0.494 e. The maximum absolute atomic E-state index is 12.7. The van der Waals surface area contributed by atoms with Crippen LogP contribution >= 0.6 is 11.6 Å². The molecule has 5 amide bonds. The molecular weight excluding hydrogens is 1700 g/mol. The van der Waals surface area contributed by atoms with Crippen molar-refractivity contribution in [2.75, 3.05) is 62.0 Å². The third-order valence-corrected chi connectivity index (χ3v) is 20.5. The number of rotatable bonds is 28. The summed E-state index contributed by atoms with van der Waals surface area (Å²) < 4.78 is 68.3. The molecule has 1 unspecified atom stereocenters. The molecule has 1 fully saturated rings. The van der Waals surface area contributed by atoms with Crippen molar-refractivity contribution in [3.05, 3.63) is 366 Å². The molecule has 1 aliphatic rings. The van der Waals surface area contributed by atoms with E-state index in [4.69, 9.17) is 50.7 Å². The van der Waals surface area contributed by atoms with Gasteiger partial charge in [-0.2, -0.15) is 33.6 Å². The average molecular weight is 1790 g/mol. The number of hydrogen-bond donors (Lipinski definition) is 4. The van der Waals surface area contributed by atoms with Crippen molar-refractivity contribution in [3.63, 3.8) is 0 Å². The summed E-state index contributed by atoms with van der Waals surface area (Å²) in [5.74, 6) is -0.0299. The van der Waals surface area contributed by atoms with Crippen LogP contribution in [0.4, 0.5) is 35.9 Å². The minimum atomic E-state index is -4.49. The van der Waals surface area contributed by atoms with Gasteiger partial charge in [0.25, 0.3) is 23.6 Å². The molecule has 1 atom stereocenters. The van der Waals surface area contributed by atoms with E-state index >= 15 is 0 Å². The van der Waals surface area contributed by atoms with Crippen molar-refractivity contribution < 1.29 is 60.9 Å². The Morgan fingerprint density at radius 3 is 1.50 bits per heavy atom. The standard InChI is InChI=1S/C29H31N5O4.C26H22N6O.C26H25N5O4.C17H11ClF3N3O/c1-4-24-19-27(22-7-5-17-30-20-22)32-34(24)25-13-11-23(12-14-25)31-29(36)21-9-15-26(16-10-21)38-18-6-8-28(35)33(2)37-3;1-19-14-24(25-17-31(18-28-25)16-20-6-3-2-4-7-20)30-32(19)23-11-9-22(10-12-23)29-26(33)21-8-5-13-27-15-21;1-2-21-12-24(18-4-3-11-27-13-18)30-31(21)22-8-6-20(7-9-22)29-26(32)19-5-10-25(28-14-19)34-16-23-15-33-17-35-23;18-12-3-1-11(2-4-12)16(25)22-13-5-7-14(8-6-13)24-10-9-15(23-24)17(19,20)21/h5,7,9-17,19-20H,4,6,8,18H2,1-3H3,(H,31,36);2-15,17-18H,16H2,1H3,(H,29,33);3-14,23H,2,15-17H2,1H3,(H,29,32);1-10H,(H,22,25). The van der Waals surface area contributed by atoms with Crippen LogP contribution in [0.5, 0.6) is 11.6 Å². The molecule has 17 rings (SSSR count). The Kier molecular flexibility index (Phi) is 30.7. The van der Waals surface area contributed by atoms with Crippen LogP contribution in [0.1, 0.15) is 96.5 Å². The number of nitrogens with zero attached hydrogens (tertiary/aromatic N) is 15. The first-order valence-electron chi connectivity index (χ1n) is 41.5. The number of nitrogens with one attached hydrogen (secondary N) is 4. The highest BCUT2D eigenvalue weighted by molar-refractivity contribution is 6.30. The first-order valence-corrected chi connectivity index (χ1v) is 41.9. The number of imidazole rings is 1. The Labute approximate surface area is 756 Å². The predicted octanol–water partition coefficient (Wildman–Crippen LogP) is 18.4. The Morgan fingerprint density at radius 1 is 0.519 bits per heavy atom. The number of aryl methyl sites for hydroxylation is 3. The lowest BCUT2D eigenvalue weighted by Gasteiger charge is -2.13. The quantitative estimate of drug-likeness (QED) is 0.0261. The van der Waals surface area contributed by atoms with E-state index in [0.29, 0.717) is 100 Å². The summed E-state index contributed by atoms with van der Waals surface area (Å²) >= 11 is 5.77. The molecule has 7 aromatic carbocycles. The van der Waals surface area contributed by atoms with Gasteiger partial charge in [-0.25, -0.2) is 33.8 Å². The maximum Gasteiger partial charge on any atom is 0.435 e. The van der Waals surface area contributed by atoms with Crippen molar-refractivity contribution in [2.45, 2.75) is 65.3 Å². The van der Waals surface area contributed by atoms with Crippen LogP contribution in [0.2, 0.25) is 5.02 Å². The van der Waals surface area contributed by atoms with Crippen molar-refractivity contribution in [1.82, 2.24) is 73.7 Å². The number of hydrogen-bond acceptors (Lipinski definition) is 19. The second-order valence-electron chi connectivity index (χ2n) is 29.5. The second-order valence-corrected chi connectivity index (χ2v) is 29.9. The van der Waals surface area contributed by atoms with Gasteiger partial charge in [0.1, 0.15) is 36.6 Å². The Balaban J connectivity index is 0.000000142. The number of hydroxylamine groups is 2. The molecule has 29 nitrogen and oxygen atoms in total. The summed E-state index contributed by atoms with van der Waals surface area (Å²) in [5, 5.41) is 30.9. The number of aromatic nitrogens is 14. The van der Waals surface area contributed by atoms with Crippen LogP contribution in [0.25, 0.3) is 56.7 Å². The molecular formula is C98H89ClF3N19O10. The lowest BCUT2D eigenvalue weighted by molar-refractivity contribution is -0.168. The third kappa shape index (κ3) is 25.1. The van der Waals surface area contributed by atoms with Crippen molar-refractivity contribution in [2.24, 2.45) is 0 Å². The molecule has 0 spiro atoms. The molecule has 0 aliphatic carbocycles. The summed E-state index contributed by atoms with van der Waals surface area (Å²) in [6.07, 6.45) is 14.8. The zero-order valence-electron chi connectivity index (χ0n) is 71.7. The van der Waals surface area contributed by atoms with Crippen LogP contribution in [0.3, 0.4) is 0 Å². The van der Waals surface area contributed by atoms with Crippen LogP contribution < -0.4 is 30.7 Å². The number of alkyl halides is 3. The van der Waals surface area contributed by atoms with E-state index in [1.807, 2.05) is 155 Å². The number of carbonyl (C=O) groups is 5. The molecule has 1 saturated heterocycles. The van der Waals surface area contributed by atoms with E-state index in [1.54, 1.807) is 141 Å². The maximum atomic E-state index is 12.7. The van der Waals surface area contributed by atoms with Gasteiger partial charge in [0.05, 0.1) is 71.9 Å². The monoisotopic (exact) mass is 1780 g/mol. The normalized spacial score (nSPS) is 12.1. The Hall–Kier alpha value is -15.9. The highest BCUT2D eigenvalue weighted by atomic mass is 35.5. The fourth-order valence-electron chi connectivity index (χ4n) is 13.2. The van der Waals surface area contributed by atoms with E-state index in [-0.39, 0.29) is 42.4 Å². The fraction of sp³-hybridized carbons (Fsp3) is 0.163. The molecule has 16 aromatic rings. The van der Waals surface area contributed by atoms with Gasteiger partial charge in [0, 0.05) is 149 Å². The SMILES string of the molecule is CCc1cc(-c2cccnc2)nn1-c1ccc(NC(=O)c2ccc(OCC3COCO3)nc2)cc1.CCc1cc(-c2cccnc2)nn1-c1ccc(NC(=O)c2ccc(OCCCC(=O)N(C)OC)cc2)cc1.Cc1cc(-c2cn(Cc3ccccc3)cn2)nn1-c1ccc(NC(=O)c2cccnc2)cc1.O=C(Nc1ccc(-n2ccc(C(F)(F)F)n2)cc1)c1ccc(Cl)cc1. The van der Waals surface area contributed by atoms with Gasteiger partial charge in [-0.15, -0.1) is 0 Å². The summed E-state index contributed by atoms with van der Waals surface area (Å²) in [6, 6.07) is 74.2. The van der Waals surface area contributed by atoms with Gasteiger partial charge in [-0.3, -0.25) is 43.8 Å². The van der Waals surface area contributed by atoms with Crippen LogP contribution in [-0.4, -0.2) is 150 Å². The summed E-state index contributed by atoms with van der Waals surface area (Å²) in [4.78, 5) is 87.5. The third-order valence-electron chi connectivity index (χ3n) is 20.3. The summed E-state index contributed by atoms with van der Waals surface area (Å²) in [5.41, 5.74) is 16.4. The van der Waals surface area contributed by atoms with Crippen LogP contribution in [0, 0.1) is 6.92 Å². The highest BCUT2D eigenvalue weighted by Crippen LogP contribution is 2.31. The molecule has 9 aromatic heterocycles. The van der Waals surface area contributed by atoms with Crippen molar-refractivity contribution in [1.29, 1.82) is 0 Å². The molecule has 131 heavy (non-hydrogen) atoms. The van der Waals surface area contributed by atoms with Crippen LogP contribution in [-0.2, 0) is 44.7 Å². The van der Waals surface area contributed by atoms with Gasteiger partial charge < -0.3 is 44.8 Å².